The maximum Gasteiger partial charge on any atom is 0.338 e. The lowest BCUT2D eigenvalue weighted by Crippen LogP contribution is -2.30. The van der Waals surface area contributed by atoms with Crippen LogP contribution in [-0.4, -0.2) is 39.7 Å². The number of allylic oxidation sites excluding steroid dienone is 1. The Bertz CT molecular complexity index is 910. The van der Waals surface area contributed by atoms with Crippen molar-refractivity contribution in [3.8, 4) is 5.75 Å². The summed E-state index contributed by atoms with van der Waals surface area (Å²) in [5, 5.41) is 8.68. The summed E-state index contributed by atoms with van der Waals surface area (Å²) in [5.41, 5.74) is 2.09. The first-order valence-corrected chi connectivity index (χ1v) is 11.5. The molecular weight excluding hydrogens is 400 g/mol. The summed E-state index contributed by atoms with van der Waals surface area (Å²) in [5.74, 6) is 1.95. The third-order valence-electron chi connectivity index (χ3n) is 4.82. The summed E-state index contributed by atoms with van der Waals surface area (Å²) < 4.78 is 13.0. The zero-order valence-corrected chi connectivity index (χ0v) is 18.9. The van der Waals surface area contributed by atoms with Crippen molar-refractivity contribution in [3.05, 3.63) is 41.1 Å². The standard InChI is InChI=1S/C22H30N4O3S/c1-5-8-11-14-30-22-24-21-23-15(4)18(20(27)29-7-3)19(26(21)25-22)16-12-9-10-13-17(16)28-6-2/h9-10,12-13,19H,5-8,11,14H2,1-4H3,(H,23,24,25)/t19-/m1/s1. The molecule has 1 atom stereocenters. The first-order chi connectivity index (χ1) is 14.6. The predicted octanol–water partition coefficient (Wildman–Crippen LogP) is 4.81. The Morgan fingerprint density at radius 1 is 1.20 bits per heavy atom. The molecule has 2 heterocycles. The van der Waals surface area contributed by atoms with Crippen molar-refractivity contribution in [2.75, 3.05) is 24.3 Å². The fourth-order valence-corrected chi connectivity index (χ4v) is 4.29. The van der Waals surface area contributed by atoms with Crippen LogP contribution in [0, 0.1) is 0 Å². The fourth-order valence-electron chi connectivity index (χ4n) is 3.46. The number of nitrogens with zero attached hydrogens (tertiary/aromatic N) is 3. The Balaban J connectivity index is 2.03. The lowest BCUT2D eigenvalue weighted by Gasteiger charge is -2.29. The van der Waals surface area contributed by atoms with Crippen molar-refractivity contribution in [3.63, 3.8) is 0 Å². The Hall–Kier alpha value is -2.48. The molecule has 1 aromatic carbocycles. The largest absolute Gasteiger partial charge is 0.494 e. The maximum absolute atomic E-state index is 12.9. The summed E-state index contributed by atoms with van der Waals surface area (Å²) in [7, 11) is 0. The van der Waals surface area contributed by atoms with Crippen LogP contribution in [0.3, 0.4) is 0 Å². The van der Waals surface area contributed by atoms with Gasteiger partial charge in [-0.25, -0.2) is 9.48 Å². The average Bonchev–Trinajstić information content (AvgIpc) is 3.13. The molecule has 1 aromatic heterocycles. The van der Waals surface area contributed by atoms with Crippen molar-refractivity contribution in [2.45, 2.75) is 58.2 Å². The number of thioether (sulfide) groups is 1. The van der Waals surface area contributed by atoms with E-state index < -0.39 is 6.04 Å². The van der Waals surface area contributed by atoms with Gasteiger partial charge in [-0.3, -0.25) is 0 Å². The highest BCUT2D eigenvalue weighted by atomic mass is 32.2. The number of aromatic nitrogens is 3. The minimum absolute atomic E-state index is 0.304. The van der Waals surface area contributed by atoms with Crippen LogP contribution < -0.4 is 10.1 Å². The molecule has 162 valence electrons. The van der Waals surface area contributed by atoms with E-state index in [1.165, 1.54) is 12.8 Å². The molecule has 0 amide bonds. The van der Waals surface area contributed by atoms with Gasteiger partial charge in [0.2, 0.25) is 11.1 Å². The zero-order valence-electron chi connectivity index (χ0n) is 18.1. The van der Waals surface area contributed by atoms with E-state index in [-0.39, 0.29) is 5.97 Å². The molecule has 1 N–H and O–H groups in total. The summed E-state index contributed by atoms with van der Waals surface area (Å²) in [6.07, 6.45) is 3.49. The highest BCUT2D eigenvalue weighted by molar-refractivity contribution is 7.99. The van der Waals surface area contributed by atoms with Gasteiger partial charge >= 0.3 is 5.97 Å². The van der Waals surface area contributed by atoms with Gasteiger partial charge < -0.3 is 14.8 Å². The van der Waals surface area contributed by atoms with Crippen LogP contribution in [-0.2, 0) is 9.53 Å². The number of carbonyl (C=O) groups excluding carboxylic acids is 1. The number of nitrogens with one attached hydrogen (secondary N) is 1. The van der Waals surface area contributed by atoms with E-state index in [9.17, 15) is 4.79 Å². The summed E-state index contributed by atoms with van der Waals surface area (Å²) in [4.78, 5) is 17.6. The van der Waals surface area contributed by atoms with Crippen LogP contribution in [0.2, 0.25) is 0 Å². The number of carbonyl (C=O) groups is 1. The zero-order chi connectivity index (χ0) is 21.5. The van der Waals surface area contributed by atoms with Crippen LogP contribution in [0.25, 0.3) is 0 Å². The Kier molecular flexibility index (Phi) is 7.79. The number of para-hydroxylation sites is 1. The molecule has 0 saturated carbocycles. The fraction of sp³-hybridized carbons (Fsp3) is 0.500. The second kappa shape index (κ2) is 10.5. The van der Waals surface area contributed by atoms with Gasteiger partial charge in [0.05, 0.1) is 18.8 Å². The maximum atomic E-state index is 12.9. The van der Waals surface area contributed by atoms with E-state index in [1.54, 1.807) is 23.4 Å². The number of anilines is 1. The van der Waals surface area contributed by atoms with Crippen LogP contribution >= 0.6 is 11.8 Å². The molecule has 0 saturated heterocycles. The number of esters is 1. The minimum Gasteiger partial charge on any atom is -0.494 e. The molecule has 0 unspecified atom stereocenters. The third kappa shape index (κ3) is 4.80. The van der Waals surface area contributed by atoms with Crippen LogP contribution in [0.5, 0.6) is 5.75 Å². The topological polar surface area (TPSA) is 78.3 Å². The van der Waals surface area contributed by atoms with E-state index in [0.717, 1.165) is 23.5 Å². The number of hydrogen-bond acceptors (Lipinski definition) is 7. The minimum atomic E-state index is -0.472. The predicted molar refractivity (Wildman–Crippen MR) is 119 cm³/mol. The normalized spacial score (nSPS) is 15.5. The van der Waals surface area contributed by atoms with Crippen molar-refractivity contribution in [2.24, 2.45) is 0 Å². The molecule has 0 spiro atoms. The van der Waals surface area contributed by atoms with Crippen LogP contribution in [0.15, 0.2) is 40.7 Å². The second-order valence-corrected chi connectivity index (χ2v) is 8.04. The van der Waals surface area contributed by atoms with E-state index in [1.807, 2.05) is 38.1 Å². The molecule has 3 rings (SSSR count). The summed E-state index contributed by atoms with van der Waals surface area (Å²) in [6, 6.07) is 7.27. The first-order valence-electron chi connectivity index (χ1n) is 10.6. The summed E-state index contributed by atoms with van der Waals surface area (Å²) >= 11 is 1.64. The van der Waals surface area contributed by atoms with Gasteiger partial charge in [0, 0.05) is 17.0 Å². The van der Waals surface area contributed by atoms with Gasteiger partial charge in [0.1, 0.15) is 11.8 Å². The Morgan fingerprint density at radius 3 is 2.73 bits per heavy atom. The average molecular weight is 431 g/mol. The van der Waals surface area contributed by atoms with E-state index in [4.69, 9.17) is 14.6 Å². The van der Waals surface area contributed by atoms with Crippen molar-refractivity contribution < 1.29 is 14.3 Å². The molecule has 0 bridgehead atoms. The van der Waals surface area contributed by atoms with E-state index >= 15 is 0 Å². The van der Waals surface area contributed by atoms with Crippen molar-refractivity contribution in [1.29, 1.82) is 0 Å². The highest BCUT2D eigenvalue weighted by Gasteiger charge is 2.36. The van der Waals surface area contributed by atoms with Gasteiger partial charge in [-0.15, -0.1) is 5.10 Å². The lowest BCUT2D eigenvalue weighted by molar-refractivity contribution is -0.139. The number of ether oxygens (including phenoxy) is 2. The molecular formula is C22H30N4O3S. The SMILES string of the molecule is CCCCCSc1nc2n(n1)[C@H](c1ccccc1OCC)C(C(=O)OCC)=C(C)N2. The molecule has 0 radical (unpaired) electrons. The molecule has 0 aliphatic carbocycles. The first kappa shape index (κ1) is 22.2. The number of fused-ring (bicyclic) bond motifs is 1. The van der Waals surface area contributed by atoms with Gasteiger partial charge in [-0.05, 0) is 33.3 Å². The van der Waals surface area contributed by atoms with Gasteiger partial charge in [0.25, 0.3) is 0 Å². The Labute approximate surface area is 182 Å². The van der Waals surface area contributed by atoms with Gasteiger partial charge in [-0.2, -0.15) is 4.98 Å². The molecule has 8 heteroatoms. The number of hydrogen-bond donors (Lipinski definition) is 1. The number of benzene rings is 1. The van der Waals surface area contributed by atoms with Gasteiger partial charge in [0.15, 0.2) is 0 Å². The highest BCUT2D eigenvalue weighted by Crippen LogP contribution is 2.40. The molecule has 0 fully saturated rings. The molecule has 1 aliphatic rings. The van der Waals surface area contributed by atoms with Crippen molar-refractivity contribution >= 4 is 23.7 Å². The van der Waals surface area contributed by atoms with Crippen LogP contribution in [0.4, 0.5) is 5.95 Å². The quantitative estimate of drug-likeness (QED) is 0.329. The van der Waals surface area contributed by atoms with E-state index in [2.05, 4.69) is 17.2 Å². The number of unbranched alkanes of at least 4 members (excludes halogenated alkanes) is 2. The monoisotopic (exact) mass is 430 g/mol. The molecule has 2 aromatic rings. The summed E-state index contributed by atoms with van der Waals surface area (Å²) in [6.45, 7) is 8.64. The molecule has 30 heavy (non-hydrogen) atoms. The number of rotatable bonds is 10. The van der Waals surface area contributed by atoms with Gasteiger partial charge in [-0.1, -0.05) is 49.7 Å². The van der Waals surface area contributed by atoms with Crippen LogP contribution in [0.1, 0.15) is 58.6 Å². The van der Waals surface area contributed by atoms with Crippen molar-refractivity contribution in [1.82, 2.24) is 14.8 Å². The third-order valence-corrected chi connectivity index (χ3v) is 5.74. The lowest BCUT2D eigenvalue weighted by atomic mass is 9.95. The van der Waals surface area contributed by atoms with E-state index in [0.29, 0.717) is 35.6 Å². The molecule has 1 aliphatic heterocycles. The second-order valence-electron chi connectivity index (χ2n) is 6.98. The molecule has 7 nitrogen and oxygen atoms in total. The smallest absolute Gasteiger partial charge is 0.338 e. The Morgan fingerprint density at radius 2 is 2.00 bits per heavy atom.